The maximum atomic E-state index is 12.5. The SMILES string of the molecule is Cn1c(=O)c2c(nc(NN)n2C[C@@H](O)COc2ccccc2)n(C)c1=O. The van der Waals surface area contributed by atoms with Gasteiger partial charge in [-0.05, 0) is 12.1 Å². The standard InChI is InChI=1S/C16H20N6O4/c1-20-13-12(14(24)21(2)16(20)25)22(15(18-13)19-17)8-10(23)9-26-11-6-4-3-5-7-11/h3-7,10,23H,8-9,17H2,1-2H3,(H,18,19)/t10-/m1/s1. The monoisotopic (exact) mass is 360 g/mol. The van der Waals surface area contributed by atoms with E-state index in [9.17, 15) is 14.7 Å². The molecule has 0 unspecified atom stereocenters. The molecule has 0 bridgehead atoms. The second kappa shape index (κ2) is 7.02. The highest BCUT2D eigenvalue weighted by molar-refractivity contribution is 5.74. The summed E-state index contributed by atoms with van der Waals surface area (Å²) in [6.45, 7) is 0.0239. The maximum Gasteiger partial charge on any atom is 0.332 e. The lowest BCUT2D eigenvalue weighted by Gasteiger charge is -2.15. The number of hydrazine groups is 1. The van der Waals surface area contributed by atoms with Gasteiger partial charge in [0.05, 0.1) is 6.54 Å². The number of ether oxygens (including phenoxy) is 1. The highest BCUT2D eigenvalue weighted by Crippen LogP contribution is 2.16. The minimum atomic E-state index is -0.929. The van der Waals surface area contributed by atoms with Gasteiger partial charge < -0.3 is 14.4 Å². The number of aryl methyl sites for hydroxylation is 1. The van der Waals surface area contributed by atoms with E-state index in [0.717, 1.165) is 4.57 Å². The second-order valence-corrected chi connectivity index (χ2v) is 5.85. The van der Waals surface area contributed by atoms with Gasteiger partial charge in [0.25, 0.3) is 5.56 Å². The van der Waals surface area contributed by atoms with Gasteiger partial charge in [0, 0.05) is 14.1 Å². The molecular formula is C16H20N6O4. The molecule has 2 heterocycles. The molecule has 3 rings (SSSR count). The zero-order chi connectivity index (χ0) is 18.8. The van der Waals surface area contributed by atoms with Gasteiger partial charge in [-0.2, -0.15) is 4.98 Å². The Balaban J connectivity index is 1.94. The van der Waals surface area contributed by atoms with E-state index in [1.807, 2.05) is 18.2 Å². The third-order valence-electron chi connectivity index (χ3n) is 4.06. The second-order valence-electron chi connectivity index (χ2n) is 5.85. The van der Waals surface area contributed by atoms with Crippen LogP contribution in [0.3, 0.4) is 0 Å². The zero-order valence-corrected chi connectivity index (χ0v) is 14.4. The first-order chi connectivity index (χ1) is 12.4. The van der Waals surface area contributed by atoms with Crippen molar-refractivity contribution in [2.75, 3.05) is 12.0 Å². The number of nitrogens with zero attached hydrogens (tertiary/aromatic N) is 4. The Morgan fingerprint density at radius 3 is 2.58 bits per heavy atom. The molecule has 1 atom stereocenters. The molecule has 4 N–H and O–H groups in total. The predicted octanol–water partition coefficient (Wildman–Crippen LogP) is -0.841. The van der Waals surface area contributed by atoms with Crippen molar-refractivity contribution in [2.24, 2.45) is 19.9 Å². The molecule has 0 saturated carbocycles. The van der Waals surface area contributed by atoms with Gasteiger partial charge in [0.15, 0.2) is 11.2 Å². The van der Waals surface area contributed by atoms with E-state index in [4.69, 9.17) is 10.6 Å². The number of para-hydroxylation sites is 1. The summed E-state index contributed by atoms with van der Waals surface area (Å²) < 4.78 is 9.20. The lowest BCUT2D eigenvalue weighted by atomic mass is 10.3. The Bertz CT molecular complexity index is 1040. The molecule has 10 heteroatoms. The first kappa shape index (κ1) is 17.7. The van der Waals surface area contributed by atoms with Crippen molar-refractivity contribution in [1.82, 2.24) is 18.7 Å². The average Bonchev–Trinajstić information content (AvgIpc) is 3.02. The number of benzene rings is 1. The molecule has 0 aliphatic heterocycles. The third-order valence-corrected chi connectivity index (χ3v) is 4.06. The van der Waals surface area contributed by atoms with Crippen LogP contribution in [0.15, 0.2) is 39.9 Å². The number of hydrogen-bond acceptors (Lipinski definition) is 7. The molecule has 2 aromatic heterocycles. The molecular weight excluding hydrogens is 340 g/mol. The molecule has 3 aromatic rings. The molecule has 0 aliphatic rings. The zero-order valence-electron chi connectivity index (χ0n) is 14.4. The van der Waals surface area contributed by atoms with Crippen molar-refractivity contribution in [3.63, 3.8) is 0 Å². The Morgan fingerprint density at radius 1 is 1.23 bits per heavy atom. The van der Waals surface area contributed by atoms with Crippen LogP contribution in [-0.4, -0.2) is 36.5 Å². The summed E-state index contributed by atoms with van der Waals surface area (Å²) in [5.41, 5.74) is 1.73. The minimum absolute atomic E-state index is 0.0102. The maximum absolute atomic E-state index is 12.5. The summed E-state index contributed by atoms with van der Waals surface area (Å²) in [5, 5.41) is 10.3. The predicted molar refractivity (Wildman–Crippen MR) is 96.0 cm³/mol. The van der Waals surface area contributed by atoms with E-state index in [1.165, 1.54) is 23.2 Å². The summed E-state index contributed by atoms with van der Waals surface area (Å²) in [5.74, 6) is 6.28. The Labute approximate surface area is 148 Å². The van der Waals surface area contributed by atoms with E-state index in [1.54, 1.807) is 12.1 Å². The fourth-order valence-corrected chi connectivity index (χ4v) is 2.71. The molecule has 10 nitrogen and oxygen atoms in total. The Morgan fingerprint density at radius 2 is 1.92 bits per heavy atom. The molecule has 0 amide bonds. The average molecular weight is 360 g/mol. The number of nitrogens with two attached hydrogens (primary N) is 1. The van der Waals surface area contributed by atoms with Gasteiger partial charge in [-0.3, -0.25) is 19.4 Å². The lowest BCUT2D eigenvalue weighted by Crippen LogP contribution is -2.38. The van der Waals surface area contributed by atoms with Gasteiger partial charge in [-0.15, -0.1) is 0 Å². The van der Waals surface area contributed by atoms with Crippen LogP contribution in [0.1, 0.15) is 0 Å². The van der Waals surface area contributed by atoms with Crippen molar-refractivity contribution in [3.05, 3.63) is 51.2 Å². The van der Waals surface area contributed by atoms with Crippen LogP contribution < -0.4 is 27.3 Å². The van der Waals surface area contributed by atoms with Crippen molar-refractivity contribution < 1.29 is 9.84 Å². The highest BCUT2D eigenvalue weighted by Gasteiger charge is 2.20. The number of hydrogen-bond donors (Lipinski definition) is 3. The van der Waals surface area contributed by atoms with Crippen molar-refractivity contribution in [1.29, 1.82) is 0 Å². The van der Waals surface area contributed by atoms with Gasteiger partial charge in [-0.25, -0.2) is 10.6 Å². The highest BCUT2D eigenvalue weighted by atomic mass is 16.5. The van der Waals surface area contributed by atoms with E-state index >= 15 is 0 Å². The quantitative estimate of drug-likeness (QED) is 0.386. The summed E-state index contributed by atoms with van der Waals surface area (Å²) in [6, 6.07) is 9.06. The molecule has 0 spiro atoms. The molecule has 138 valence electrons. The molecule has 26 heavy (non-hydrogen) atoms. The van der Waals surface area contributed by atoms with Crippen molar-refractivity contribution in [3.8, 4) is 5.75 Å². The van der Waals surface area contributed by atoms with Crippen molar-refractivity contribution >= 4 is 17.1 Å². The molecule has 0 fully saturated rings. The van der Waals surface area contributed by atoms with Gasteiger partial charge in [0.1, 0.15) is 18.5 Å². The summed E-state index contributed by atoms with van der Waals surface area (Å²) in [7, 11) is 2.89. The first-order valence-corrected chi connectivity index (χ1v) is 7.92. The normalized spacial score (nSPS) is 12.3. The Hall–Kier alpha value is -3.11. The van der Waals surface area contributed by atoms with Gasteiger partial charge in [0.2, 0.25) is 5.95 Å². The van der Waals surface area contributed by atoms with E-state index in [0.29, 0.717) is 5.75 Å². The number of aliphatic hydroxyl groups is 1. The topological polar surface area (TPSA) is 129 Å². The summed E-state index contributed by atoms with van der Waals surface area (Å²) in [6.07, 6.45) is -0.929. The first-order valence-electron chi connectivity index (χ1n) is 7.92. The van der Waals surface area contributed by atoms with Crippen LogP contribution in [-0.2, 0) is 20.6 Å². The van der Waals surface area contributed by atoms with Gasteiger partial charge >= 0.3 is 5.69 Å². The van der Waals surface area contributed by atoms with Crippen LogP contribution in [0.25, 0.3) is 11.2 Å². The summed E-state index contributed by atoms with van der Waals surface area (Å²) >= 11 is 0. The number of imidazole rings is 1. The molecule has 0 aliphatic carbocycles. The van der Waals surface area contributed by atoms with E-state index in [-0.39, 0.29) is 30.3 Å². The number of anilines is 1. The number of aliphatic hydroxyl groups excluding tert-OH is 1. The largest absolute Gasteiger partial charge is 0.491 e. The third kappa shape index (κ3) is 3.07. The fraction of sp³-hybridized carbons (Fsp3) is 0.312. The molecule has 0 radical (unpaired) electrons. The van der Waals surface area contributed by atoms with Crippen LogP contribution >= 0.6 is 0 Å². The van der Waals surface area contributed by atoms with Crippen LogP contribution in [0.5, 0.6) is 5.75 Å². The number of nitrogen functional groups attached to an aromatic ring is 1. The smallest absolute Gasteiger partial charge is 0.332 e. The van der Waals surface area contributed by atoms with E-state index < -0.39 is 17.4 Å². The fourth-order valence-electron chi connectivity index (χ4n) is 2.71. The van der Waals surface area contributed by atoms with Crippen LogP contribution in [0.4, 0.5) is 5.95 Å². The number of nitrogens with one attached hydrogen (secondary N) is 1. The lowest BCUT2D eigenvalue weighted by molar-refractivity contribution is 0.0938. The van der Waals surface area contributed by atoms with Crippen molar-refractivity contribution in [2.45, 2.75) is 12.6 Å². The molecule has 1 aromatic carbocycles. The van der Waals surface area contributed by atoms with Crippen LogP contribution in [0.2, 0.25) is 0 Å². The van der Waals surface area contributed by atoms with Crippen LogP contribution in [0, 0.1) is 0 Å². The minimum Gasteiger partial charge on any atom is -0.491 e. The van der Waals surface area contributed by atoms with Gasteiger partial charge in [-0.1, -0.05) is 18.2 Å². The number of rotatable bonds is 6. The van der Waals surface area contributed by atoms with E-state index in [2.05, 4.69) is 10.4 Å². The molecule has 0 saturated heterocycles. The number of fused-ring (bicyclic) bond motifs is 1. The Kier molecular flexibility index (Phi) is 4.78. The summed E-state index contributed by atoms with van der Waals surface area (Å²) in [4.78, 5) is 28.8. The number of aromatic nitrogens is 4.